The molecule has 0 heterocycles. The Morgan fingerprint density at radius 2 is 2.14 bits per heavy atom. The number of carbonyl (C=O) groups is 1. The quantitative estimate of drug-likeness (QED) is 0.333. The third-order valence-electron chi connectivity index (χ3n) is 2.77. The molecule has 0 aliphatic carbocycles. The summed E-state index contributed by atoms with van der Waals surface area (Å²) in [6.07, 6.45) is -1.29. The molecular weight excluding hydrogens is 355 g/mol. The van der Waals surface area contributed by atoms with Gasteiger partial charge in [-0.3, -0.25) is 10.1 Å². The Balaban J connectivity index is 2.90. The summed E-state index contributed by atoms with van der Waals surface area (Å²) in [6.45, 7) is 1.49. The molecule has 0 aliphatic rings. The van der Waals surface area contributed by atoms with Crippen molar-refractivity contribution in [2.24, 2.45) is 0 Å². The molecule has 3 unspecified atom stereocenters. The van der Waals surface area contributed by atoms with Crippen molar-refractivity contribution in [1.82, 2.24) is 0 Å². The summed E-state index contributed by atoms with van der Waals surface area (Å²) in [4.78, 5) is 22.2. The number of benzene rings is 1. The maximum Gasteiger partial charge on any atom is 0.339 e. The Kier molecular flexibility index (Phi) is 6.88. The van der Waals surface area contributed by atoms with Crippen LogP contribution in [0, 0.1) is 28.4 Å². The van der Waals surface area contributed by atoms with Crippen molar-refractivity contribution in [2.45, 2.75) is 23.8 Å². The Hall–Kier alpha value is -1.55. The van der Waals surface area contributed by atoms with E-state index < -0.39 is 27.8 Å². The van der Waals surface area contributed by atoms with Gasteiger partial charge in [-0.2, -0.15) is 5.26 Å². The molecule has 6 nitrogen and oxygen atoms in total. The second kappa shape index (κ2) is 8.18. The minimum absolute atomic E-state index is 0.0118. The fourth-order valence-corrected chi connectivity index (χ4v) is 2.22. The van der Waals surface area contributed by atoms with E-state index in [0.717, 1.165) is 0 Å². The molecule has 118 valence electrons. The molecule has 0 spiro atoms. The van der Waals surface area contributed by atoms with Gasteiger partial charge in [-0.05, 0) is 19.1 Å². The van der Waals surface area contributed by atoms with Gasteiger partial charge in [-0.15, -0.1) is 34.8 Å². The Morgan fingerprint density at radius 1 is 1.50 bits per heavy atom. The lowest BCUT2D eigenvalue weighted by molar-refractivity contribution is -0.385. The molecule has 0 fully saturated rings. The van der Waals surface area contributed by atoms with Gasteiger partial charge < -0.3 is 4.74 Å². The number of halogens is 3. The molecule has 0 saturated carbocycles. The van der Waals surface area contributed by atoms with Crippen LogP contribution < -0.4 is 0 Å². The molecule has 0 saturated heterocycles. The number of hydrogen-bond acceptors (Lipinski definition) is 5. The summed E-state index contributed by atoms with van der Waals surface area (Å²) in [6, 6.07) is 5.47. The first-order valence-corrected chi connectivity index (χ1v) is 7.42. The summed E-state index contributed by atoms with van der Waals surface area (Å²) in [5.74, 6) is -0.837. The van der Waals surface area contributed by atoms with Crippen molar-refractivity contribution in [3.05, 3.63) is 39.4 Å². The Bertz CT molecular complexity index is 618. The third-order valence-corrected chi connectivity index (χ3v) is 4.35. The molecule has 0 aliphatic heterocycles. The van der Waals surface area contributed by atoms with Crippen LogP contribution in [-0.4, -0.2) is 33.6 Å². The van der Waals surface area contributed by atoms with Crippen LogP contribution in [0.3, 0.4) is 0 Å². The fraction of sp³-hybridized carbons (Fsp3) is 0.385. The highest BCUT2D eigenvalue weighted by Crippen LogP contribution is 2.22. The van der Waals surface area contributed by atoms with E-state index in [4.69, 9.17) is 44.8 Å². The van der Waals surface area contributed by atoms with Gasteiger partial charge >= 0.3 is 5.97 Å². The monoisotopic (exact) mass is 364 g/mol. The van der Waals surface area contributed by atoms with Crippen molar-refractivity contribution >= 4 is 46.5 Å². The SMILES string of the molecule is Cc1cc(C(=O)OC(C#N)C(Cl)C(Cl)CCl)ccc1[N+](=O)[O-]. The lowest BCUT2D eigenvalue weighted by Crippen LogP contribution is -2.33. The van der Waals surface area contributed by atoms with E-state index in [1.165, 1.54) is 25.1 Å². The molecule has 1 rings (SSSR count). The maximum absolute atomic E-state index is 12.0. The number of alkyl halides is 3. The molecule has 1 aromatic carbocycles. The smallest absolute Gasteiger partial charge is 0.339 e. The zero-order valence-electron chi connectivity index (χ0n) is 11.3. The second-order valence-corrected chi connectivity index (χ2v) is 5.70. The summed E-state index contributed by atoms with van der Waals surface area (Å²) in [5.41, 5.74) is 0.252. The van der Waals surface area contributed by atoms with E-state index >= 15 is 0 Å². The van der Waals surface area contributed by atoms with Crippen molar-refractivity contribution in [3.63, 3.8) is 0 Å². The normalized spacial score (nSPS) is 14.5. The first-order chi connectivity index (χ1) is 10.3. The zero-order valence-corrected chi connectivity index (χ0v) is 13.6. The average Bonchev–Trinajstić information content (AvgIpc) is 2.50. The van der Waals surface area contributed by atoms with Crippen molar-refractivity contribution in [1.29, 1.82) is 5.26 Å². The molecule has 3 atom stereocenters. The highest BCUT2D eigenvalue weighted by molar-refractivity contribution is 6.34. The lowest BCUT2D eigenvalue weighted by Gasteiger charge is -2.19. The molecule has 0 radical (unpaired) electrons. The minimum atomic E-state index is -1.29. The highest BCUT2D eigenvalue weighted by Gasteiger charge is 2.30. The van der Waals surface area contributed by atoms with Crippen LogP contribution in [0.25, 0.3) is 0 Å². The van der Waals surface area contributed by atoms with Crippen LogP contribution in [0.1, 0.15) is 15.9 Å². The number of nitro groups is 1. The predicted molar refractivity (Wildman–Crippen MR) is 82.7 cm³/mol. The summed E-state index contributed by atoms with van der Waals surface area (Å²) in [7, 11) is 0. The number of nitrogens with zero attached hydrogens (tertiary/aromatic N) is 2. The van der Waals surface area contributed by atoms with E-state index in [2.05, 4.69) is 0 Å². The van der Waals surface area contributed by atoms with Crippen LogP contribution >= 0.6 is 34.8 Å². The number of rotatable bonds is 6. The van der Waals surface area contributed by atoms with Gasteiger partial charge in [0.25, 0.3) is 5.69 Å². The maximum atomic E-state index is 12.0. The largest absolute Gasteiger partial charge is 0.442 e. The molecular formula is C13H11Cl3N2O4. The number of esters is 1. The number of aryl methyl sites for hydroxylation is 1. The number of nitro benzene ring substituents is 1. The minimum Gasteiger partial charge on any atom is -0.442 e. The Morgan fingerprint density at radius 3 is 2.59 bits per heavy atom. The standard InChI is InChI=1S/C13H11Cl3N2O4/c1-7-4-8(2-3-10(7)18(20)21)13(19)22-11(6-17)12(16)9(15)5-14/h2-4,9,11-12H,5H2,1H3. The predicted octanol–water partition coefficient (Wildman–Crippen LogP) is 3.41. The van der Waals surface area contributed by atoms with E-state index in [-0.39, 0.29) is 17.1 Å². The number of nitriles is 1. The fourth-order valence-electron chi connectivity index (χ4n) is 1.61. The molecule has 0 N–H and O–H groups in total. The van der Waals surface area contributed by atoms with Gasteiger partial charge in [0.15, 0.2) is 0 Å². The van der Waals surface area contributed by atoms with E-state index in [1.54, 1.807) is 6.07 Å². The lowest BCUT2D eigenvalue weighted by atomic mass is 10.1. The van der Waals surface area contributed by atoms with Crippen LogP contribution in [0.4, 0.5) is 5.69 Å². The highest BCUT2D eigenvalue weighted by atomic mass is 35.5. The molecule has 1 aromatic rings. The number of carbonyl (C=O) groups excluding carboxylic acids is 1. The second-order valence-electron chi connectivity index (χ2n) is 4.33. The zero-order chi connectivity index (χ0) is 16.9. The third kappa shape index (κ3) is 4.47. The van der Waals surface area contributed by atoms with Crippen LogP contribution in [0.15, 0.2) is 18.2 Å². The van der Waals surface area contributed by atoms with Gasteiger partial charge in [0, 0.05) is 17.5 Å². The first kappa shape index (κ1) is 18.5. The summed E-state index contributed by atoms with van der Waals surface area (Å²) < 4.78 is 4.98. The topological polar surface area (TPSA) is 93.2 Å². The van der Waals surface area contributed by atoms with Gasteiger partial charge in [0.1, 0.15) is 11.4 Å². The van der Waals surface area contributed by atoms with Crippen LogP contribution in [0.5, 0.6) is 0 Å². The molecule has 22 heavy (non-hydrogen) atoms. The molecule has 0 amide bonds. The van der Waals surface area contributed by atoms with Crippen molar-refractivity contribution < 1.29 is 14.5 Å². The van der Waals surface area contributed by atoms with E-state index in [0.29, 0.717) is 5.56 Å². The first-order valence-electron chi connectivity index (χ1n) is 6.01. The van der Waals surface area contributed by atoms with Gasteiger partial charge in [0.2, 0.25) is 6.10 Å². The Labute approximate surface area is 141 Å². The van der Waals surface area contributed by atoms with Gasteiger partial charge in [0.05, 0.1) is 15.9 Å². The number of hydrogen-bond donors (Lipinski definition) is 0. The van der Waals surface area contributed by atoms with E-state index in [1.807, 2.05) is 0 Å². The number of ether oxygens (including phenoxy) is 1. The van der Waals surface area contributed by atoms with Crippen molar-refractivity contribution in [3.8, 4) is 6.07 Å². The summed E-state index contributed by atoms with van der Waals surface area (Å²) >= 11 is 17.3. The molecule has 0 aromatic heterocycles. The molecule has 0 bridgehead atoms. The van der Waals surface area contributed by atoms with Gasteiger partial charge in [-0.25, -0.2) is 4.79 Å². The van der Waals surface area contributed by atoms with Crippen molar-refractivity contribution in [2.75, 3.05) is 5.88 Å². The summed E-state index contributed by atoms with van der Waals surface area (Å²) in [5, 5.41) is 18.0. The van der Waals surface area contributed by atoms with Crippen LogP contribution in [-0.2, 0) is 4.74 Å². The van der Waals surface area contributed by atoms with Gasteiger partial charge in [-0.1, -0.05) is 0 Å². The molecule has 9 heteroatoms. The average molecular weight is 366 g/mol. The van der Waals surface area contributed by atoms with E-state index in [9.17, 15) is 14.9 Å². The van der Waals surface area contributed by atoms with Crippen LogP contribution in [0.2, 0.25) is 0 Å².